The van der Waals surface area contributed by atoms with Crippen LogP contribution in [0, 0.1) is 5.41 Å². The van der Waals surface area contributed by atoms with E-state index in [0.717, 1.165) is 25.7 Å². The van der Waals surface area contributed by atoms with Crippen LogP contribution in [0.25, 0.3) is 0 Å². The molecule has 18 heavy (non-hydrogen) atoms. The number of carbonyl (C=O) groups is 2. The first kappa shape index (κ1) is 16.6. The fourth-order valence-corrected chi connectivity index (χ4v) is 2.05. The quantitative estimate of drug-likeness (QED) is 0.346. The molecule has 0 heterocycles. The van der Waals surface area contributed by atoms with Crippen LogP contribution < -0.4 is 0 Å². The molecule has 0 fully saturated rings. The zero-order valence-electron chi connectivity index (χ0n) is 11.3. The third kappa shape index (κ3) is 4.47. The summed E-state index contributed by atoms with van der Waals surface area (Å²) in [4.78, 5) is 23.6. The van der Waals surface area contributed by atoms with E-state index in [1.807, 2.05) is 0 Å². The Bertz CT molecular complexity index is 295. The van der Waals surface area contributed by atoms with Crippen molar-refractivity contribution in [2.24, 2.45) is 5.41 Å². The van der Waals surface area contributed by atoms with Gasteiger partial charge in [0.25, 0.3) is 0 Å². The zero-order valence-corrected chi connectivity index (χ0v) is 11.3. The van der Waals surface area contributed by atoms with Crippen LogP contribution in [0.4, 0.5) is 0 Å². The number of allylic oxidation sites excluding steroid dienone is 2. The van der Waals surface area contributed by atoms with Crippen molar-refractivity contribution in [1.29, 1.82) is 0 Å². The largest absolute Gasteiger partial charge is 0.480 e. The topological polar surface area (TPSA) is 54.4 Å². The molecular formula is C15H24O3. The van der Waals surface area contributed by atoms with Crippen LogP contribution in [0.5, 0.6) is 0 Å². The summed E-state index contributed by atoms with van der Waals surface area (Å²) in [5.41, 5.74) is -1.35. The van der Waals surface area contributed by atoms with Crippen LogP contribution in [-0.4, -0.2) is 16.9 Å². The molecule has 0 saturated carbocycles. The maximum absolute atomic E-state index is 12.2. The molecule has 0 spiro atoms. The Balaban J connectivity index is 4.71. The van der Waals surface area contributed by atoms with Gasteiger partial charge in [-0.3, -0.25) is 9.59 Å². The molecule has 0 atom stereocenters. The Morgan fingerprint density at radius 2 is 1.67 bits per heavy atom. The van der Waals surface area contributed by atoms with Gasteiger partial charge in [-0.2, -0.15) is 0 Å². The minimum absolute atomic E-state index is 0.168. The summed E-state index contributed by atoms with van der Waals surface area (Å²) in [5, 5.41) is 9.34. The van der Waals surface area contributed by atoms with Crippen molar-refractivity contribution in [3.05, 3.63) is 25.3 Å². The van der Waals surface area contributed by atoms with Gasteiger partial charge in [0.15, 0.2) is 5.78 Å². The van der Waals surface area contributed by atoms with Gasteiger partial charge in [-0.1, -0.05) is 38.3 Å². The molecule has 0 aliphatic rings. The van der Waals surface area contributed by atoms with Crippen molar-refractivity contribution in [2.75, 3.05) is 0 Å². The van der Waals surface area contributed by atoms with Gasteiger partial charge in [0.2, 0.25) is 0 Å². The standard InChI is InChI=1S/C15H24O3/c1-4-7-8-9-10-13(16)15(11-5-2,12-6-3)14(17)18/h5-6H,2-4,7-12H2,1H3,(H,17,18). The maximum atomic E-state index is 12.2. The Labute approximate surface area is 110 Å². The van der Waals surface area contributed by atoms with Crippen molar-refractivity contribution < 1.29 is 14.7 Å². The lowest BCUT2D eigenvalue weighted by molar-refractivity contribution is -0.154. The first-order valence-electron chi connectivity index (χ1n) is 6.53. The SMILES string of the molecule is C=CCC(CC=C)(C(=O)O)C(=O)CCCCCC. The van der Waals surface area contributed by atoms with E-state index in [-0.39, 0.29) is 18.6 Å². The third-order valence-electron chi connectivity index (χ3n) is 3.19. The van der Waals surface area contributed by atoms with E-state index in [0.29, 0.717) is 6.42 Å². The average molecular weight is 252 g/mol. The van der Waals surface area contributed by atoms with E-state index < -0.39 is 11.4 Å². The fraction of sp³-hybridized carbons (Fsp3) is 0.600. The highest BCUT2D eigenvalue weighted by atomic mass is 16.4. The highest BCUT2D eigenvalue weighted by Crippen LogP contribution is 2.31. The number of ketones is 1. The smallest absolute Gasteiger partial charge is 0.317 e. The van der Waals surface area contributed by atoms with Crippen molar-refractivity contribution >= 4 is 11.8 Å². The molecule has 0 unspecified atom stereocenters. The van der Waals surface area contributed by atoms with Gasteiger partial charge in [-0.05, 0) is 19.3 Å². The van der Waals surface area contributed by atoms with Crippen LogP contribution in [0.3, 0.4) is 0 Å². The minimum atomic E-state index is -1.35. The van der Waals surface area contributed by atoms with Crippen LogP contribution in [0.15, 0.2) is 25.3 Å². The van der Waals surface area contributed by atoms with E-state index in [1.165, 1.54) is 12.2 Å². The van der Waals surface area contributed by atoms with Gasteiger partial charge in [-0.25, -0.2) is 0 Å². The number of carboxylic acid groups (broad SMARTS) is 1. The highest BCUT2D eigenvalue weighted by molar-refractivity contribution is 6.03. The second kappa shape index (κ2) is 8.67. The number of aliphatic carboxylic acids is 1. The molecule has 0 amide bonds. The van der Waals surface area contributed by atoms with Crippen molar-refractivity contribution in [3.63, 3.8) is 0 Å². The van der Waals surface area contributed by atoms with Crippen LogP contribution in [0.1, 0.15) is 51.9 Å². The number of hydrogen-bond acceptors (Lipinski definition) is 2. The normalized spacial score (nSPS) is 10.9. The molecule has 1 N–H and O–H groups in total. The molecule has 3 heteroatoms. The van der Waals surface area contributed by atoms with E-state index in [4.69, 9.17) is 0 Å². The zero-order chi connectivity index (χ0) is 14.0. The summed E-state index contributed by atoms with van der Waals surface area (Å²) < 4.78 is 0. The average Bonchev–Trinajstić information content (AvgIpc) is 2.33. The summed E-state index contributed by atoms with van der Waals surface area (Å²) in [7, 11) is 0. The predicted octanol–water partition coefficient (Wildman–Crippen LogP) is 3.75. The molecule has 0 radical (unpaired) electrons. The molecule has 0 rings (SSSR count). The Morgan fingerprint density at radius 1 is 1.11 bits per heavy atom. The second-order valence-electron chi connectivity index (χ2n) is 4.61. The molecule has 102 valence electrons. The Morgan fingerprint density at radius 3 is 2.06 bits per heavy atom. The number of Topliss-reactive ketones (excluding diaryl/α,β-unsaturated/α-hetero) is 1. The highest BCUT2D eigenvalue weighted by Gasteiger charge is 2.42. The third-order valence-corrected chi connectivity index (χ3v) is 3.19. The van der Waals surface area contributed by atoms with Gasteiger partial charge in [0.1, 0.15) is 5.41 Å². The van der Waals surface area contributed by atoms with Crippen LogP contribution in [-0.2, 0) is 9.59 Å². The van der Waals surface area contributed by atoms with Crippen molar-refractivity contribution in [1.82, 2.24) is 0 Å². The summed E-state index contributed by atoms with van der Waals surface area (Å²) in [6.07, 6.45) is 7.57. The predicted molar refractivity (Wildman–Crippen MR) is 73.5 cm³/mol. The molecule has 0 aliphatic carbocycles. The molecule has 0 saturated heterocycles. The molecule has 0 aromatic carbocycles. The Hall–Kier alpha value is -1.38. The molecule has 3 nitrogen and oxygen atoms in total. The van der Waals surface area contributed by atoms with Gasteiger partial charge < -0.3 is 5.11 Å². The molecular weight excluding hydrogens is 228 g/mol. The summed E-state index contributed by atoms with van der Waals surface area (Å²) in [6, 6.07) is 0. The minimum Gasteiger partial charge on any atom is -0.480 e. The molecule has 0 aromatic heterocycles. The lowest BCUT2D eigenvalue weighted by Gasteiger charge is -2.25. The number of hydrogen-bond donors (Lipinski definition) is 1. The van der Waals surface area contributed by atoms with E-state index >= 15 is 0 Å². The summed E-state index contributed by atoms with van der Waals surface area (Å²) in [6.45, 7) is 9.20. The number of rotatable bonds is 11. The molecule has 0 bridgehead atoms. The molecule has 0 aromatic rings. The van der Waals surface area contributed by atoms with Gasteiger partial charge in [-0.15, -0.1) is 13.2 Å². The van der Waals surface area contributed by atoms with Gasteiger partial charge in [0, 0.05) is 6.42 Å². The maximum Gasteiger partial charge on any atom is 0.317 e. The van der Waals surface area contributed by atoms with Crippen LogP contribution in [0.2, 0.25) is 0 Å². The monoisotopic (exact) mass is 252 g/mol. The van der Waals surface area contributed by atoms with Gasteiger partial charge >= 0.3 is 5.97 Å². The lowest BCUT2D eigenvalue weighted by Crippen LogP contribution is -2.38. The van der Waals surface area contributed by atoms with E-state index in [2.05, 4.69) is 20.1 Å². The first-order chi connectivity index (χ1) is 8.55. The number of carboxylic acids is 1. The summed E-state index contributed by atoms with van der Waals surface area (Å²) >= 11 is 0. The van der Waals surface area contributed by atoms with Crippen LogP contribution >= 0.6 is 0 Å². The first-order valence-corrected chi connectivity index (χ1v) is 6.53. The van der Waals surface area contributed by atoms with E-state index in [1.54, 1.807) is 0 Å². The molecule has 0 aliphatic heterocycles. The van der Waals surface area contributed by atoms with Crippen molar-refractivity contribution in [3.8, 4) is 0 Å². The second-order valence-corrected chi connectivity index (χ2v) is 4.61. The lowest BCUT2D eigenvalue weighted by atomic mass is 9.75. The number of carbonyl (C=O) groups excluding carboxylic acids is 1. The van der Waals surface area contributed by atoms with Crippen molar-refractivity contribution in [2.45, 2.75) is 51.9 Å². The summed E-state index contributed by atoms with van der Waals surface area (Å²) in [5.74, 6) is -1.27. The van der Waals surface area contributed by atoms with Gasteiger partial charge in [0.05, 0.1) is 0 Å². The number of unbranched alkanes of at least 4 members (excludes halogenated alkanes) is 3. The fourth-order valence-electron chi connectivity index (χ4n) is 2.05. The van der Waals surface area contributed by atoms with E-state index in [9.17, 15) is 14.7 Å². The Kier molecular flexibility index (Phi) is 8.01.